The van der Waals surface area contributed by atoms with Gasteiger partial charge in [0, 0.05) is 17.1 Å². The molecular weight excluding hydrogens is 262 g/mol. The third kappa shape index (κ3) is 3.89. The molecule has 98 valence electrons. The molecule has 5 nitrogen and oxygen atoms in total. The third-order valence-corrected chi connectivity index (χ3v) is 3.09. The molecule has 0 saturated heterocycles. The molecule has 0 radical (unpaired) electrons. The molecule has 1 aromatic heterocycles. The number of rotatable bonds is 4. The van der Waals surface area contributed by atoms with Crippen LogP contribution in [0.5, 0.6) is 0 Å². The Bertz CT molecular complexity index is 564. The highest BCUT2D eigenvalue weighted by atomic mass is 32.1. The van der Waals surface area contributed by atoms with Crippen molar-refractivity contribution in [2.75, 3.05) is 11.9 Å². The molecule has 0 atom stereocenters. The molecule has 0 spiro atoms. The minimum absolute atomic E-state index is 0.0771. The molecule has 6 heteroatoms. The number of benzene rings is 1. The fourth-order valence-electron chi connectivity index (χ4n) is 1.42. The number of carbonyl (C=O) groups excluding carboxylic acids is 2. The monoisotopic (exact) mass is 275 g/mol. The number of aromatic nitrogens is 1. The van der Waals surface area contributed by atoms with Crippen LogP contribution in [0, 0.1) is 6.92 Å². The van der Waals surface area contributed by atoms with E-state index in [1.807, 2.05) is 19.1 Å². The molecule has 2 aromatic rings. The molecule has 0 aliphatic rings. The highest BCUT2D eigenvalue weighted by molar-refractivity contribution is 7.13. The number of hydrogen-bond donors (Lipinski definition) is 2. The lowest BCUT2D eigenvalue weighted by Gasteiger charge is -2.05. The minimum Gasteiger partial charge on any atom is -0.343 e. The van der Waals surface area contributed by atoms with E-state index in [1.54, 1.807) is 23.7 Å². The van der Waals surface area contributed by atoms with Crippen LogP contribution in [0.2, 0.25) is 0 Å². The van der Waals surface area contributed by atoms with E-state index in [2.05, 4.69) is 15.6 Å². The average Bonchev–Trinajstić information content (AvgIpc) is 2.89. The number of anilines is 1. The van der Waals surface area contributed by atoms with E-state index in [1.165, 1.54) is 11.3 Å². The maximum Gasteiger partial charge on any atom is 0.251 e. The van der Waals surface area contributed by atoms with Crippen LogP contribution in [0.3, 0.4) is 0 Å². The van der Waals surface area contributed by atoms with Crippen molar-refractivity contribution in [3.8, 4) is 0 Å². The normalized spacial score (nSPS) is 9.95. The predicted molar refractivity (Wildman–Crippen MR) is 74.3 cm³/mol. The fraction of sp³-hybridized carbons (Fsp3) is 0.154. The zero-order valence-corrected chi connectivity index (χ0v) is 11.2. The third-order valence-electron chi connectivity index (χ3n) is 2.40. The molecular formula is C13H13N3O2S. The van der Waals surface area contributed by atoms with Gasteiger partial charge in [-0.15, -0.1) is 11.3 Å². The minimum atomic E-state index is -0.296. The van der Waals surface area contributed by atoms with Gasteiger partial charge in [0.25, 0.3) is 5.91 Å². The zero-order chi connectivity index (χ0) is 13.7. The first-order valence-electron chi connectivity index (χ1n) is 5.69. The van der Waals surface area contributed by atoms with Crippen molar-refractivity contribution in [1.82, 2.24) is 10.3 Å². The molecule has 2 rings (SSSR count). The van der Waals surface area contributed by atoms with Crippen LogP contribution in [0.15, 0.2) is 35.8 Å². The molecule has 0 bridgehead atoms. The van der Waals surface area contributed by atoms with Gasteiger partial charge in [-0.25, -0.2) is 4.98 Å². The molecule has 2 amide bonds. The molecule has 0 saturated carbocycles. The van der Waals surface area contributed by atoms with Gasteiger partial charge in [-0.2, -0.15) is 0 Å². The highest BCUT2D eigenvalue weighted by Crippen LogP contribution is 2.09. The second-order valence-electron chi connectivity index (χ2n) is 3.93. The Labute approximate surface area is 114 Å². The van der Waals surface area contributed by atoms with Gasteiger partial charge in [-0.3, -0.25) is 9.59 Å². The van der Waals surface area contributed by atoms with Crippen molar-refractivity contribution in [2.24, 2.45) is 0 Å². The summed E-state index contributed by atoms with van der Waals surface area (Å²) >= 11 is 1.33. The van der Waals surface area contributed by atoms with Crippen molar-refractivity contribution >= 4 is 28.3 Å². The predicted octanol–water partition coefficient (Wildman–Crippen LogP) is 1.82. The van der Waals surface area contributed by atoms with Gasteiger partial charge in [-0.05, 0) is 19.1 Å². The molecule has 19 heavy (non-hydrogen) atoms. The molecule has 0 unspecified atom stereocenters. The summed E-state index contributed by atoms with van der Waals surface area (Å²) in [5, 5.41) is 7.44. The Balaban J connectivity index is 1.83. The second-order valence-corrected chi connectivity index (χ2v) is 4.83. The first-order valence-corrected chi connectivity index (χ1v) is 6.57. The van der Waals surface area contributed by atoms with Gasteiger partial charge in [0.05, 0.1) is 6.54 Å². The molecule has 2 N–H and O–H groups in total. The van der Waals surface area contributed by atoms with Crippen LogP contribution in [-0.2, 0) is 4.79 Å². The van der Waals surface area contributed by atoms with Gasteiger partial charge in [-0.1, -0.05) is 17.7 Å². The number of nitrogens with one attached hydrogen (secondary N) is 2. The van der Waals surface area contributed by atoms with Gasteiger partial charge >= 0.3 is 0 Å². The fourth-order valence-corrected chi connectivity index (χ4v) is 1.96. The summed E-state index contributed by atoms with van der Waals surface area (Å²) in [5.41, 5.74) is 1.62. The Morgan fingerprint density at radius 3 is 2.63 bits per heavy atom. The summed E-state index contributed by atoms with van der Waals surface area (Å²) in [6, 6.07) is 7.15. The van der Waals surface area contributed by atoms with E-state index >= 15 is 0 Å². The number of thiazole rings is 1. The molecule has 0 aliphatic carbocycles. The number of carbonyl (C=O) groups is 2. The van der Waals surface area contributed by atoms with Crippen LogP contribution in [-0.4, -0.2) is 23.3 Å². The van der Waals surface area contributed by atoms with Gasteiger partial charge in [0.2, 0.25) is 5.91 Å². The Hall–Kier alpha value is -2.21. The molecule has 0 fully saturated rings. The molecule has 0 aliphatic heterocycles. The lowest BCUT2D eigenvalue weighted by atomic mass is 10.1. The lowest BCUT2D eigenvalue weighted by Crippen LogP contribution is -2.32. The van der Waals surface area contributed by atoms with Crippen molar-refractivity contribution in [1.29, 1.82) is 0 Å². The van der Waals surface area contributed by atoms with E-state index in [-0.39, 0.29) is 18.4 Å². The first kappa shape index (κ1) is 13.2. The Kier molecular flexibility index (Phi) is 4.25. The summed E-state index contributed by atoms with van der Waals surface area (Å²) in [6.07, 6.45) is 1.60. The number of nitrogens with zero attached hydrogens (tertiary/aromatic N) is 1. The smallest absolute Gasteiger partial charge is 0.251 e. The van der Waals surface area contributed by atoms with Crippen LogP contribution in [0.1, 0.15) is 15.9 Å². The largest absolute Gasteiger partial charge is 0.343 e. The standard InChI is InChI=1S/C13H13N3O2S/c1-9-2-4-10(5-3-9)12(18)15-8-11(17)16-13-14-6-7-19-13/h2-7H,8H2,1H3,(H,15,18)(H,14,16,17). The van der Waals surface area contributed by atoms with Crippen LogP contribution in [0.4, 0.5) is 5.13 Å². The average molecular weight is 275 g/mol. The number of aryl methyl sites for hydroxylation is 1. The summed E-state index contributed by atoms with van der Waals surface area (Å²) in [4.78, 5) is 27.2. The van der Waals surface area contributed by atoms with Gasteiger partial charge in [0.15, 0.2) is 5.13 Å². The van der Waals surface area contributed by atoms with E-state index in [0.717, 1.165) is 5.56 Å². The first-order chi connectivity index (χ1) is 9.15. The van der Waals surface area contributed by atoms with Crippen LogP contribution < -0.4 is 10.6 Å². The number of hydrogen-bond acceptors (Lipinski definition) is 4. The molecule has 1 heterocycles. The van der Waals surface area contributed by atoms with Gasteiger partial charge in [0.1, 0.15) is 0 Å². The van der Waals surface area contributed by atoms with E-state index in [9.17, 15) is 9.59 Å². The van der Waals surface area contributed by atoms with E-state index in [0.29, 0.717) is 10.7 Å². The Morgan fingerprint density at radius 2 is 2.00 bits per heavy atom. The highest BCUT2D eigenvalue weighted by Gasteiger charge is 2.08. The number of amides is 2. The van der Waals surface area contributed by atoms with Crippen molar-refractivity contribution in [3.63, 3.8) is 0 Å². The summed E-state index contributed by atoms with van der Waals surface area (Å²) < 4.78 is 0. The SMILES string of the molecule is Cc1ccc(C(=O)NCC(=O)Nc2nccs2)cc1. The van der Waals surface area contributed by atoms with Gasteiger partial charge < -0.3 is 10.6 Å². The zero-order valence-electron chi connectivity index (χ0n) is 10.3. The van der Waals surface area contributed by atoms with Crippen LogP contribution in [0.25, 0.3) is 0 Å². The summed E-state index contributed by atoms with van der Waals surface area (Å²) in [6.45, 7) is 1.87. The quantitative estimate of drug-likeness (QED) is 0.894. The Morgan fingerprint density at radius 1 is 1.26 bits per heavy atom. The van der Waals surface area contributed by atoms with Crippen molar-refractivity contribution in [2.45, 2.75) is 6.92 Å². The van der Waals surface area contributed by atoms with Crippen molar-refractivity contribution in [3.05, 3.63) is 47.0 Å². The van der Waals surface area contributed by atoms with Crippen LogP contribution >= 0.6 is 11.3 Å². The maximum atomic E-state index is 11.8. The topological polar surface area (TPSA) is 71.1 Å². The van der Waals surface area contributed by atoms with Crippen molar-refractivity contribution < 1.29 is 9.59 Å². The summed E-state index contributed by atoms with van der Waals surface area (Å²) in [5.74, 6) is -0.565. The summed E-state index contributed by atoms with van der Waals surface area (Å²) in [7, 11) is 0. The second kappa shape index (κ2) is 6.10. The van der Waals surface area contributed by atoms with E-state index < -0.39 is 0 Å². The molecule has 1 aromatic carbocycles. The van der Waals surface area contributed by atoms with E-state index in [4.69, 9.17) is 0 Å². The lowest BCUT2D eigenvalue weighted by molar-refractivity contribution is -0.115. The maximum absolute atomic E-state index is 11.8.